The number of ether oxygens (including phenoxy) is 1. The zero-order valence-electron chi connectivity index (χ0n) is 9.56. The van der Waals surface area contributed by atoms with E-state index in [-0.39, 0.29) is 5.69 Å². The lowest BCUT2D eigenvalue weighted by molar-refractivity contribution is 0.0510. The third kappa shape index (κ3) is 1.71. The fraction of sp³-hybridized carbons (Fsp3) is 0.636. The molecule has 0 saturated carbocycles. The van der Waals surface area contributed by atoms with Gasteiger partial charge in [0.15, 0.2) is 5.69 Å². The molecule has 0 amide bonds. The maximum atomic E-state index is 11.7. The fourth-order valence-corrected chi connectivity index (χ4v) is 2.18. The Balaban J connectivity index is 2.43. The number of esters is 1. The molecule has 0 bridgehead atoms. The largest absolute Gasteiger partial charge is 0.461 e. The number of aliphatic hydroxyl groups is 1. The van der Waals surface area contributed by atoms with E-state index in [2.05, 4.69) is 5.10 Å². The molecule has 5 nitrogen and oxygen atoms in total. The van der Waals surface area contributed by atoms with Gasteiger partial charge < -0.3 is 9.84 Å². The van der Waals surface area contributed by atoms with Crippen LogP contribution in [0.3, 0.4) is 0 Å². The number of aliphatic hydroxyl groups excluding tert-OH is 1. The minimum atomic E-state index is -0.586. The van der Waals surface area contributed by atoms with E-state index >= 15 is 0 Å². The van der Waals surface area contributed by atoms with Gasteiger partial charge in [0.05, 0.1) is 12.7 Å². The van der Waals surface area contributed by atoms with E-state index in [4.69, 9.17) is 4.74 Å². The van der Waals surface area contributed by atoms with Crippen molar-refractivity contribution in [3.05, 3.63) is 17.0 Å². The molecule has 0 spiro atoms. The van der Waals surface area contributed by atoms with Crippen LogP contribution in [0, 0.1) is 0 Å². The van der Waals surface area contributed by atoms with Gasteiger partial charge in [-0.25, -0.2) is 4.79 Å². The number of hydrogen-bond donors (Lipinski definition) is 1. The van der Waals surface area contributed by atoms with E-state index in [0.29, 0.717) is 18.6 Å². The SMILES string of the molecule is CCOC(=O)c1nn(C)c2c1C(O)CCC2. The normalized spacial score (nSPS) is 19.3. The minimum absolute atomic E-state index is 0.270. The summed E-state index contributed by atoms with van der Waals surface area (Å²) in [5.41, 5.74) is 1.88. The molecular formula is C11H16N2O3. The van der Waals surface area contributed by atoms with Crippen LogP contribution in [0.2, 0.25) is 0 Å². The number of aromatic nitrogens is 2. The molecule has 1 atom stereocenters. The number of nitrogens with zero attached hydrogens (tertiary/aromatic N) is 2. The van der Waals surface area contributed by atoms with Crippen molar-refractivity contribution < 1.29 is 14.6 Å². The van der Waals surface area contributed by atoms with E-state index in [1.54, 1.807) is 18.7 Å². The number of carbonyl (C=O) groups is 1. The summed E-state index contributed by atoms with van der Waals surface area (Å²) in [6.07, 6.45) is 1.88. The van der Waals surface area contributed by atoms with Gasteiger partial charge in [-0.1, -0.05) is 0 Å². The first-order valence-electron chi connectivity index (χ1n) is 5.56. The highest BCUT2D eigenvalue weighted by Gasteiger charge is 2.30. The number of fused-ring (bicyclic) bond motifs is 1. The van der Waals surface area contributed by atoms with Crippen molar-refractivity contribution in [2.75, 3.05) is 6.61 Å². The molecule has 88 valence electrons. The maximum absolute atomic E-state index is 11.7. The fourth-order valence-electron chi connectivity index (χ4n) is 2.18. The molecule has 1 unspecified atom stereocenters. The monoisotopic (exact) mass is 224 g/mol. The molecule has 0 aromatic carbocycles. The zero-order valence-corrected chi connectivity index (χ0v) is 9.56. The molecule has 1 heterocycles. The number of rotatable bonds is 2. The quantitative estimate of drug-likeness (QED) is 0.760. The predicted molar refractivity (Wildman–Crippen MR) is 57.1 cm³/mol. The van der Waals surface area contributed by atoms with Crippen molar-refractivity contribution >= 4 is 5.97 Å². The van der Waals surface area contributed by atoms with Gasteiger partial charge in [0.2, 0.25) is 0 Å². The van der Waals surface area contributed by atoms with Crippen LogP contribution in [0.25, 0.3) is 0 Å². The molecule has 1 aliphatic rings. The zero-order chi connectivity index (χ0) is 11.7. The van der Waals surface area contributed by atoms with Crippen LogP contribution < -0.4 is 0 Å². The lowest BCUT2D eigenvalue weighted by Crippen LogP contribution is -2.14. The van der Waals surface area contributed by atoms with E-state index in [1.807, 2.05) is 0 Å². The average Bonchev–Trinajstić information content (AvgIpc) is 2.58. The van der Waals surface area contributed by atoms with Crippen molar-refractivity contribution in [3.8, 4) is 0 Å². The van der Waals surface area contributed by atoms with Crippen molar-refractivity contribution in [3.63, 3.8) is 0 Å². The number of carbonyl (C=O) groups excluding carboxylic acids is 1. The highest BCUT2D eigenvalue weighted by Crippen LogP contribution is 2.32. The second-order valence-electron chi connectivity index (χ2n) is 3.96. The third-order valence-corrected chi connectivity index (χ3v) is 2.90. The van der Waals surface area contributed by atoms with Crippen molar-refractivity contribution in [2.45, 2.75) is 32.3 Å². The van der Waals surface area contributed by atoms with Crippen LogP contribution in [0.5, 0.6) is 0 Å². The lowest BCUT2D eigenvalue weighted by Gasteiger charge is -2.18. The topological polar surface area (TPSA) is 64.3 Å². The van der Waals surface area contributed by atoms with Crippen molar-refractivity contribution in [1.29, 1.82) is 0 Å². The van der Waals surface area contributed by atoms with E-state index in [0.717, 1.165) is 18.5 Å². The molecular weight excluding hydrogens is 208 g/mol. The first-order valence-corrected chi connectivity index (χ1v) is 5.56. The summed E-state index contributed by atoms with van der Waals surface area (Å²) < 4.78 is 6.60. The Bertz CT molecular complexity index is 412. The molecule has 1 N–H and O–H groups in total. The molecule has 0 aliphatic heterocycles. The molecule has 1 aliphatic carbocycles. The second-order valence-corrected chi connectivity index (χ2v) is 3.96. The smallest absolute Gasteiger partial charge is 0.359 e. The van der Waals surface area contributed by atoms with Gasteiger partial charge in [-0.2, -0.15) is 5.10 Å². The summed E-state index contributed by atoms with van der Waals surface area (Å²) >= 11 is 0. The molecule has 0 saturated heterocycles. The van der Waals surface area contributed by atoms with Gasteiger partial charge >= 0.3 is 5.97 Å². The highest BCUT2D eigenvalue weighted by molar-refractivity contribution is 5.89. The Labute approximate surface area is 94.0 Å². The van der Waals surface area contributed by atoms with Crippen LogP contribution in [-0.2, 0) is 18.2 Å². The van der Waals surface area contributed by atoms with Crippen LogP contribution in [0.1, 0.15) is 47.6 Å². The van der Waals surface area contributed by atoms with Crippen LogP contribution in [0.15, 0.2) is 0 Å². The molecule has 16 heavy (non-hydrogen) atoms. The molecule has 1 aromatic heterocycles. The predicted octanol–water partition coefficient (Wildman–Crippen LogP) is 0.967. The van der Waals surface area contributed by atoms with Crippen LogP contribution >= 0.6 is 0 Å². The van der Waals surface area contributed by atoms with E-state index in [9.17, 15) is 9.90 Å². The first-order chi connectivity index (χ1) is 7.65. The molecule has 0 radical (unpaired) electrons. The van der Waals surface area contributed by atoms with Gasteiger partial charge in [-0.05, 0) is 26.2 Å². The molecule has 2 rings (SSSR count). The molecule has 0 fully saturated rings. The summed E-state index contributed by atoms with van der Waals surface area (Å²) in [5, 5.41) is 14.1. The second kappa shape index (κ2) is 4.25. The minimum Gasteiger partial charge on any atom is -0.461 e. The summed E-state index contributed by atoms with van der Waals surface area (Å²) in [6.45, 7) is 2.07. The van der Waals surface area contributed by atoms with Gasteiger partial charge in [0.1, 0.15) is 0 Å². The van der Waals surface area contributed by atoms with Crippen molar-refractivity contribution in [1.82, 2.24) is 9.78 Å². The van der Waals surface area contributed by atoms with Gasteiger partial charge in [0.25, 0.3) is 0 Å². The Hall–Kier alpha value is -1.36. The standard InChI is InChI=1S/C11H16N2O3/c1-3-16-11(15)10-9-7(13(2)12-10)5-4-6-8(9)14/h8,14H,3-6H2,1-2H3. The van der Waals surface area contributed by atoms with Gasteiger partial charge in [0, 0.05) is 18.3 Å². The van der Waals surface area contributed by atoms with E-state index in [1.165, 1.54) is 0 Å². The molecule has 1 aromatic rings. The molecule has 5 heteroatoms. The van der Waals surface area contributed by atoms with Crippen LogP contribution in [0.4, 0.5) is 0 Å². The van der Waals surface area contributed by atoms with E-state index < -0.39 is 12.1 Å². The van der Waals surface area contributed by atoms with Gasteiger partial charge in [-0.3, -0.25) is 4.68 Å². The van der Waals surface area contributed by atoms with Crippen LogP contribution in [-0.4, -0.2) is 27.5 Å². The highest BCUT2D eigenvalue weighted by atomic mass is 16.5. The van der Waals surface area contributed by atoms with Gasteiger partial charge in [-0.15, -0.1) is 0 Å². The summed E-state index contributed by atoms with van der Waals surface area (Å²) in [6, 6.07) is 0. The van der Waals surface area contributed by atoms with Crippen molar-refractivity contribution in [2.24, 2.45) is 7.05 Å². The first kappa shape index (κ1) is 11.1. The maximum Gasteiger partial charge on any atom is 0.359 e. The Morgan fingerprint density at radius 1 is 1.69 bits per heavy atom. The Morgan fingerprint density at radius 2 is 2.44 bits per heavy atom. The average molecular weight is 224 g/mol. The Morgan fingerprint density at radius 3 is 3.12 bits per heavy atom. The summed E-state index contributed by atoms with van der Waals surface area (Å²) in [5.74, 6) is -0.444. The lowest BCUT2D eigenvalue weighted by atomic mass is 9.93. The number of hydrogen-bond acceptors (Lipinski definition) is 4. The summed E-state index contributed by atoms with van der Waals surface area (Å²) in [4.78, 5) is 11.7. The summed E-state index contributed by atoms with van der Waals surface area (Å²) in [7, 11) is 1.79. The third-order valence-electron chi connectivity index (χ3n) is 2.90. The number of aryl methyl sites for hydroxylation is 1. The Kier molecular flexibility index (Phi) is 2.96.